The van der Waals surface area contributed by atoms with Crippen LogP contribution in [0.1, 0.15) is 64.2 Å². The Bertz CT molecular complexity index is 886. The summed E-state index contributed by atoms with van der Waals surface area (Å²) in [5.41, 5.74) is 0. The van der Waals surface area contributed by atoms with Crippen LogP contribution in [0.3, 0.4) is 0 Å². The second-order valence-corrected chi connectivity index (χ2v) is 10.1. The molecule has 2 fully saturated rings. The van der Waals surface area contributed by atoms with Crippen LogP contribution in [0.25, 0.3) is 0 Å². The molecule has 0 saturated heterocycles. The van der Waals surface area contributed by atoms with Crippen molar-refractivity contribution in [3.05, 3.63) is 35.1 Å². The van der Waals surface area contributed by atoms with Crippen LogP contribution < -0.4 is 10.1 Å². The Labute approximate surface area is 187 Å². The van der Waals surface area contributed by atoms with Crippen LogP contribution in [0.4, 0.5) is 0 Å². The van der Waals surface area contributed by atoms with Crippen LogP contribution in [0.5, 0.6) is 5.75 Å². The van der Waals surface area contributed by atoms with Crippen LogP contribution in [0, 0.1) is 5.92 Å². The molecule has 0 bridgehead atoms. The third-order valence-electron chi connectivity index (χ3n) is 5.93. The van der Waals surface area contributed by atoms with Gasteiger partial charge in [-0.3, -0.25) is 9.36 Å². The minimum atomic E-state index is -0.224. The fourth-order valence-electron chi connectivity index (χ4n) is 3.93. The molecule has 30 heavy (non-hydrogen) atoms. The van der Waals surface area contributed by atoms with Crippen molar-refractivity contribution in [3.8, 4) is 5.75 Å². The molecular formula is C22H29ClN4O2S. The summed E-state index contributed by atoms with van der Waals surface area (Å²) in [7, 11) is 0. The van der Waals surface area contributed by atoms with Crippen LogP contribution >= 0.6 is 23.4 Å². The Hall–Kier alpha value is -1.73. The van der Waals surface area contributed by atoms with Gasteiger partial charge in [0, 0.05) is 12.1 Å². The molecular weight excluding hydrogens is 420 g/mol. The van der Waals surface area contributed by atoms with Crippen LogP contribution in [-0.2, 0) is 11.4 Å². The Kier molecular flexibility index (Phi) is 6.88. The van der Waals surface area contributed by atoms with Crippen LogP contribution in [-0.4, -0.2) is 32.0 Å². The quantitative estimate of drug-likeness (QED) is 0.574. The topological polar surface area (TPSA) is 69.0 Å². The highest BCUT2D eigenvalue weighted by Gasteiger charge is 2.32. The van der Waals surface area contributed by atoms with Crippen LogP contribution in [0.2, 0.25) is 5.02 Å². The van der Waals surface area contributed by atoms with Gasteiger partial charge >= 0.3 is 0 Å². The van der Waals surface area contributed by atoms with E-state index in [0.29, 0.717) is 29.3 Å². The van der Waals surface area contributed by atoms with E-state index in [1.807, 2.05) is 25.1 Å². The predicted molar refractivity (Wildman–Crippen MR) is 119 cm³/mol. The largest absolute Gasteiger partial charge is 0.484 e. The molecule has 4 rings (SSSR count). The molecule has 0 radical (unpaired) electrons. The molecule has 2 aliphatic carbocycles. The van der Waals surface area contributed by atoms with E-state index >= 15 is 0 Å². The van der Waals surface area contributed by atoms with E-state index in [2.05, 4.69) is 27.0 Å². The van der Waals surface area contributed by atoms with Crippen molar-refractivity contribution in [1.29, 1.82) is 0 Å². The Morgan fingerprint density at radius 1 is 1.27 bits per heavy atom. The number of nitrogens with zero attached hydrogens (tertiary/aromatic N) is 3. The number of thioether (sulfide) groups is 1. The number of carbonyl (C=O) groups excluding carboxylic acids is 1. The van der Waals surface area contributed by atoms with Gasteiger partial charge in [-0.1, -0.05) is 55.3 Å². The fraction of sp³-hybridized carbons (Fsp3) is 0.591. The SMILES string of the molecule is CC(Sc1nnc(COc2ccccc2Cl)n1C1CC1)C(=O)NC1CCCCC1C. The first-order valence-electron chi connectivity index (χ1n) is 10.8. The number of ether oxygens (including phenoxy) is 1. The first kappa shape index (κ1) is 21.5. The molecule has 1 aromatic carbocycles. The van der Waals surface area contributed by atoms with Crippen molar-refractivity contribution in [2.75, 3.05) is 0 Å². The second-order valence-electron chi connectivity index (χ2n) is 8.36. The lowest BCUT2D eigenvalue weighted by atomic mass is 9.86. The van der Waals surface area contributed by atoms with Gasteiger partial charge in [0.05, 0.1) is 10.3 Å². The van der Waals surface area contributed by atoms with E-state index in [4.69, 9.17) is 16.3 Å². The molecule has 1 N–H and O–H groups in total. The molecule has 3 atom stereocenters. The number of hydrogen-bond donors (Lipinski definition) is 1. The number of carbonyl (C=O) groups is 1. The molecule has 1 amide bonds. The molecule has 3 unspecified atom stereocenters. The van der Waals surface area contributed by atoms with Crippen molar-refractivity contribution in [2.45, 2.75) is 81.5 Å². The van der Waals surface area contributed by atoms with Crippen molar-refractivity contribution in [3.63, 3.8) is 0 Å². The number of rotatable bonds is 8. The number of amides is 1. The molecule has 0 spiro atoms. The molecule has 162 valence electrons. The molecule has 2 saturated carbocycles. The lowest BCUT2D eigenvalue weighted by Gasteiger charge is -2.30. The van der Waals surface area contributed by atoms with Gasteiger partial charge in [0.15, 0.2) is 11.0 Å². The molecule has 2 aliphatic rings. The third kappa shape index (κ3) is 5.11. The van der Waals surface area contributed by atoms with Crippen molar-refractivity contribution in [2.24, 2.45) is 5.92 Å². The second kappa shape index (κ2) is 9.60. The monoisotopic (exact) mass is 448 g/mol. The van der Waals surface area contributed by atoms with E-state index in [1.54, 1.807) is 6.07 Å². The molecule has 8 heteroatoms. The summed E-state index contributed by atoms with van der Waals surface area (Å²) in [6.45, 7) is 4.48. The molecule has 1 heterocycles. The minimum Gasteiger partial charge on any atom is -0.484 e. The average molecular weight is 449 g/mol. The fourth-order valence-corrected chi connectivity index (χ4v) is 5.07. The zero-order chi connectivity index (χ0) is 21.1. The van der Waals surface area contributed by atoms with E-state index in [0.717, 1.165) is 30.2 Å². The van der Waals surface area contributed by atoms with Crippen molar-refractivity contribution >= 4 is 29.3 Å². The maximum atomic E-state index is 12.8. The molecule has 1 aromatic heterocycles. The number of halogens is 1. The van der Waals surface area contributed by atoms with Gasteiger partial charge in [0.1, 0.15) is 12.4 Å². The summed E-state index contributed by atoms with van der Waals surface area (Å²) in [6.07, 6.45) is 6.93. The minimum absolute atomic E-state index is 0.0814. The lowest BCUT2D eigenvalue weighted by Crippen LogP contribution is -2.44. The first-order valence-corrected chi connectivity index (χ1v) is 12.1. The molecule has 6 nitrogen and oxygen atoms in total. The number of para-hydroxylation sites is 1. The van der Waals surface area contributed by atoms with E-state index < -0.39 is 0 Å². The van der Waals surface area contributed by atoms with Gasteiger partial charge < -0.3 is 10.1 Å². The van der Waals surface area contributed by atoms with Gasteiger partial charge in [0.25, 0.3) is 0 Å². The summed E-state index contributed by atoms with van der Waals surface area (Å²) < 4.78 is 8.01. The Balaban J connectivity index is 1.40. The summed E-state index contributed by atoms with van der Waals surface area (Å²) in [5, 5.41) is 13.1. The summed E-state index contributed by atoms with van der Waals surface area (Å²) in [4.78, 5) is 12.8. The summed E-state index contributed by atoms with van der Waals surface area (Å²) in [5.74, 6) is 2.03. The third-order valence-corrected chi connectivity index (χ3v) is 7.30. The maximum Gasteiger partial charge on any atom is 0.233 e. The molecule has 2 aromatic rings. The summed E-state index contributed by atoms with van der Waals surface area (Å²) in [6, 6.07) is 8.08. The van der Waals surface area contributed by atoms with Crippen LogP contribution in [0.15, 0.2) is 29.4 Å². The first-order chi connectivity index (χ1) is 14.5. The summed E-state index contributed by atoms with van der Waals surface area (Å²) >= 11 is 7.67. The standard InChI is InChI=1S/C22H29ClN4O2S/c1-14-7-3-5-9-18(14)24-21(28)15(2)30-22-26-25-20(27(22)16-11-12-16)13-29-19-10-6-4-8-17(19)23/h4,6,8,10,14-16,18H,3,5,7,9,11-13H2,1-2H3,(H,24,28). The van der Waals surface area contributed by atoms with E-state index in [9.17, 15) is 4.79 Å². The van der Waals surface area contributed by atoms with Gasteiger partial charge in [-0.05, 0) is 50.7 Å². The van der Waals surface area contributed by atoms with E-state index in [-0.39, 0.29) is 17.2 Å². The van der Waals surface area contributed by atoms with E-state index in [1.165, 1.54) is 31.0 Å². The zero-order valence-corrected chi connectivity index (χ0v) is 19.1. The number of benzene rings is 1. The average Bonchev–Trinajstić information content (AvgIpc) is 3.50. The van der Waals surface area contributed by atoms with Gasteiger partial charge in [0.2, 0.25) is 5.91 Å². The lowest BCUT2D eigenvalue weighted by molar-refractivity contribution is -0.121. The van der Waals surface area contributed by atoms with Gasteiger partial charge in [-0.2, -0.15) is 0 Å². The smallest absolute Gasteiger partial charge is 0.233 e. The van der Waals surface area contributed by atoms with Gasteiger partial charge in [-0.15, -0.1) is 10.2 Å². The highest BCUT2D eigenvalue weighted by Crippen LogP contribution is 2.40. The number of aromatic nitrogens is 3. The zero-order valence-electron chi connectivity index (χ0n) is 17.5. The number of hydrogen-bond acceptors (Lipinski definition) is 5. The highest BCUT2D eigenvalue weighted by atomic mass is 35.5. The van der Waals surface area contributed by atoms with Crippen molar-refractivity contribution < 1.29 is 9.53 Å². The van der Waals surface area contributed by atoms with Crippen molar-refractivity contribution in [1.82, 2.24) is 20.1 Å². The number of nitrogens with one attached hydrogen (secondary N) is 1. The maximum absolute atomic E-state index is 12.8. The predicted octanol–water partition coefficient (Wildman–Crippen LogP) is 5.02. The Morgan fingerprint density at radius 3 is 2.77 bits per heavy atom. The Morgan fingerprint density at radius 2 is 2.03 bits per heavy atom. The highest BCUT2D eigenvalue weighted by molar-refractivity contribution is 8.00. The normalized spacial score (nSPS) is 22.5. The molecule has 0 aliphatic heterocycles. The van der Waals surface area contributed by atoms with Gasteiger partial charge in [-0.25, -0.2) is 0 Å².